The zero-order valence-corrected chi connectivity index (χ0v) is 9.54. The van der Waals surface area contributed by atoms with Gasteiger partial charge in [0.25, 0.3) is 0 Å². The van der Waals surface area contributed by atoms with E-state index in [-0.39, 0.29) is 6.10 Å². The van der Waals surface area contributed by atoms with Crippen LogP contribution in [0.3, 0.4) is 0 Å². The Kier molecular flexibility index (Phi) is 3.47. The quantitative estimate of drug-likeness (QED) is 0.598. The van der Waals surface area contributed by atoms with Crippen LogP contribution in [0.1, 0.15) is 25.7 Å². The maximum atomic E-state index is 11.8. The largest absolute Gasteiger partial charge is 0.384 e. The van der Waals surface area contributed by atoms with Gasteiger partial charge in [-0.15, -0.1) is 0 Å². The Labute approximate surface area is 96.0 Å². The molecule has 16 heavy (non-hydrogen) atoms. The highest BCUT2D eigenvalue weighted by molar-refractivity contribution is 5.87. The number of rotatable bonds is 2. The molecule has 0 bridgehead atoms. The van der Waals surface area contributed by atoms with E-state index in [1.54, 1.807) is 0 Å². The molecule has 4 N–H and O–H groups in total. The molecule has 1 atom stereocenters. The third-order valence-corrected chi connectivity index (χ3v) is 3.74. The molecular weight excluding hydrogens is 206 g/mol. The third kappa shape index (κ3) is 1.83. The molecule has 0 aromatic carbocycles. The van der Waals surface area contributed by atoms with Gasteiger partial charge in [0.05, 0.1) is 0 Å². The summed E-state index contributed by atoms with van der Waals surface area (Å²) in [6, 6.07) is 0. The number of hydrogen-bond acceptors (Lipinski definition) is 4. The Balaban J connectivity index is 2.22. The third-order valence-electron chi connectivity index (χ3n) is 3.74. The lowest BCUT2D eigenvalue weighted by Gasteiger charge is -2.47. The molecule has 1 amide bonds. The lowest BCUT2D eigenvalue weighted by atomic mass is 9.77. The van der Waals surface area contributed by atoms with Gasteiger partial charge in [-0.1, -0.05) is 12.8 Å². The standard InChI is InChI=1S/C11H20N3O2/c12-10(16)11(4-2-1-3-9(11)15)14-7-5-13-6-8-14/h13,15H,1-8H2,(H2,12,16). The van der Waals surface area contributed by atoms with Crippen molar-refractivity contribution in [2.24, 2.45) is 5.73 Å². The number of piperazine rings is 1. The monoisotopic (exact) mass is 226 g/mol. The van der Waals surface area contributed by atoms with Crippen LogP contribution in [0.5, 0.6) is 0 Å². The second-order valence-corrected chi connectivity index (χ2v) is 4.62. The lowest BCUT2D eigenvalue weighted by molar-refractivity contribution is -0.135. The van der Waals surface area contributed by atoms with Crippen LogP contribution in [0.15, 0.2) is 0 Å². The maximum absolute atomic E-state index is 11.8. The second-order valence-electron chi connectivity index (χ2n) is 4.62. The predicted molar refractivity (Wildman–Crippen MR) is 60.0 cm³/mol. The molecule has 1 radical (unpaired) electrons. The average molecular weight is 226 g/mol. The van der Waals surface area contributed by atoms with Crippen molar-refractivity contribution >= 4 is 5.91 Å². The molecule has 1 aliphatic carbocycles. The van der Waals surface area contributed by atoms with E-state index in [1.807, 2.05) is 4.90 Å². The van der Waals surface area contributed by atoms with E-state index < -0.39 is 11.4 Å². The minimum Gasteiger partial charge on any atom is -0.384 e. The summed E-state index contributed by atoms with van der Waals surface area (Å²) in [7, 11) is 0. The normalized spacial score (nSPS) is 33.8. The molecule has 1 heterocycles. The Morgan fingerprint density at radius 1 is 1.38 bits per heavy atom. The smallest absolute Gasteiger partial charge is 0.241 e. The molecule has 5 heteroatoms. The highest BCUT2D eigenvalue weighted by atomic mass is 16.3. The van der Waals surface area contributed by atoms with Gasteiger partial charge in [0, 0.05) is 26.2 Å². The number of aliphatic hydroxyl groups excluding tert-OH is 1. The van der Waals surface area contributed by atoms with Crippen molar-refractivity contribution in [2.75, 3.05) is 26.2 Å². The highest BCUT2D eigenvalue weighted by Crippen LogP contribution is 2.38. The summed E-state index contributed by atoms with van der Waals surface area (Å²) < 4.78 is 0. The Morgan fingerprint density at radius 3 is 2.62 bits per heavy atom. The first-order valence-corrected chi connectivity index (χ1v) is 5.99. The molecule has 2 fully saturated rings. The van der Waals surface area contributed by atoms with Gasteiger partial charge in [0.1, 0.15) is 11.6 Å². The number of carbonyl (C=O) groups is 1. The lowest BCUT2D eigenvalue weighted by Crippen LogP contribution is -2.65. The van der Waals surface area contributed by atoms with Gasteiger partial charge in [-0.3, -0.25) is 9.69 Å². The number of hydrogen-bond donors (Lipinski definition) is 3. The first-order valence-electron chi connectivity index (χ1n) is 5.99. The summed E-state index contributed by atoms with van der Waals surface area (Å²) in [5, 5.41) is 13.3. The van der Waals surface area contributed by atoms with Crippen molar-refractivity contribution in [1.82, 2.24) is 10.2 Å². The van der Waals surface area contributed by atoms with Crippen LogP contribution < -0.4 is 11.1 Å². The predicted octanol–water partition coefficient (Wildman–Crippen LogP) is -0.406. The highest BCUT2D eigenvalue weighted by Gasteiger charge is 2.50. The van der Waals surface area contributed by atoms with Crippen LogP contribution in [0, 0.1) is 6.10 Å². The Bertz CT molecular complexity index is 266. The molecule has 2 aliphatic rings. The Hall–Kier alpha value is -0.650. The van der Waals surface area contributed by atoms with Gasteiger partial charge in [0.15, 0.2) is 0 Å². The zero-order valence-electron chi connectivity index (χ0n) is 9.54. The van der Waals surface area contributed by atoms with E-state index in [1.165, 1.54) is 0 Å². The van der Waals surface area contributed by atoms with Crippen LogP contribution >= 0.6 is 0 Å². The fourth-order valence-electron chi connectivity index (χ4n) is 2.83. The minimum atomic E-state index is -0.889. The molecule has 2 rings (SSSR count). The summed E-state index contributed by atoms with van der Waals surface area (Å²) in [5.74, 6) is -0.397. The van der Waals surface area contributed by atoms with Crippen molar-refractivity contribution in [2.45, 2.75) is 31.2 Å². The molecule has 91 valence electrons. The van der Waals surface area contributed by atoms with Crippen LogP contribution in [0.4, 0.5) is 0 Å². The van der Waals surface area contributed by atoms with E-state index in [9.17, 15) is 9.90 Å². The van der Waals surface area contributed by atoms with Gasteiger partial charge in [0.2, 0.25) is 5.91 Å². The first kappa shape index (κ1) is 11.8. The van der Waals surface area contributed by atoms with E-state index in [4.69, 9.17) is 5.73 Å². The van der Waals surface area contributed by atoms with E-state index >= 15 is 0 Å². The first-order chi connectivity index (χ1) is 7.68. The van der Waals surface area contributed by atoms with Crippen molar-refractivity contribution in [1.29, 1.82) is 0 Å². The number of primary amides is 1. The molecule has 1 aliphatic heterocycles. The van der Waals surface area contributed by atoms with E-state index in [2.05, 4.69) is 5.32 Å². The van der Waals surface area contributed by atoms with Gasteiger partial charge < -0.3 is 16.2 Å². The van der Waals surface area contributed by atoms with Crippen LogP contribution in [0.2, 0.25) is 0 Å². The maximum Gasteiger partial charge on any atom is 0.241 e. The van der Waals surface area contributed by atoms with E-state index in [0.29, 0.717) is 12.8 Å². The Morgan fingerprint density at radius 2 is 2.06 bits per heavy atom. The van der Waals surface area contributed by atoms with Crippen molar-refractivity contribution in [3.05, 3.63) is 6.10 Å². The van der Waals surface area contributed by atoms with Gasteiger partial charge >= 0.3 is 0 Å². The van der Waals surface area contributed by atoms with Crippen molar-refractivity contribution < 1.29 is 9.90 Å². The fourth-order valence-corrected chi connectivity index (χ4v) is 2.83. The van der Waals surface area contributed by atoms with E-state index in [0.717, 1.165) is 39.0 Å². The van der Waals surface area contributed by atoms with Gasteiger partial charge in [-0.05, 0) is 12.8 Å². The second kappa shape index (κ2) is 4.69. The van der Waals surface area contributed by atoms with Crippen LogP contribution in [0.25, 0.3) is 0 Å². The zero-order chi connectivity index (χ0) is 11.6. The number of nitrogens with zero attached hydrogens (tertiary/aromatic N) is 1. The number of amides is 1. The molecule has 0 spiro atoms. The summed E-state index contributed by atoms with van der Waals surface area (Å²) in [6.07, 6.45) is 3.44. The average Bonchev–Trinajstić information content (AvgIpc) is 2.30. The number of nitrogens with one attached hydrogen (secondary N) is 1. The summed E-state index contributed by atoms with van der Waals surface area (Å²) in [5.41, 5.74) is 4.65. The van der Waals surface area contributed by atoms with Crippen LogP contribution in [-0.2, 0) is 4.79 Å². The molecular formula is C11H20N3O2. The minimum absolute atomic E-state index is 0.271. The van der Waals surface area contributed by atoms with Crippen molar-refractivity contribution in [3.8, 4) is 0 Å². The summed E-state index contributed by atoms with van der Waals surface area (Å²) >= 11 is 0. The summed E-state index contributed by atoms with van der Waals surface area (Å²) in [4.78, 5) is 13.8. The molecule has 0 aromatic heterocycles. The van der Waals surface area contributed by atoms with Crippen LogP contribution in [-0.4, -0.2) is 47.6 Å². The number of carbonyl (C=O) groups excluding carboxylic acids is 1. The SMILES string of the molecule is NC(=O)C1(N2CCNCC2)CCCC[C]1O. The van der Waals surface area contributed by atoms with Gasteiger partial charge in [-0.2, -0.15) is 0 Å². The molecule has 1 saturated heterocycles. The molecule has 5 nitrogen and oxygen atoms in total. The van der Waals surface area contributed by atoms with Crippen molar-refractivity contribution in [3.63, 3.8) is 0 Å². The molecule has 1 saturated carbocycles. The van der Waals surface area contributed by atoms with Gasteiger partial charge in [-0.25, -0.2) is 0 Å². The topological polar surface area (TPSA) is 78.6 Å². The molecule has 1 unspecified atom stereocenters. The fraction of sp³-hybridized carbons (Fsp3) is 0.818. The number of aliphatic hydroxyl groups is 1. The molecule has 0 aromatic rings. The summed E-state index contributed by atoms with van der Waals surface area (Å²) in [6.45, 7) is 3.24. The number of nitrogens with two attached hydrogens (primary N) is 1.